The monoisotopic (exact) mass is 548 g/mol. The van der Waals surface area contributed by atoms with Gasteiger partial charge in [-0.1, -0.05) is 0 Å². The quantitative estimate of drug-likeness (QED) is 0.259. The normalized spacial score (nSPS) is 20.6. The van der Waals surface area contributed by atoms with Crippen LogP contribution in [-0.4, -0.2) is 99.5 Å². The van der Waals surface area contributed by atoms with Crippen molar-refractivity contribution >= 4 is 46.5 Å². The summed E-state index contributed by atoms with van der Waals surface area (Å²) in [5.41, 5.74) is 6.42. The predicted octanol–water partition coefficient (Wildman–Crippen LogP) is -0.0273. The average molecular weight is 549 g/mol. The fourth-order valence-electron chi connectivity index (χ4n) is 3.85. The Morgan fingerprint density at radius 3 is 2.13 bits per heavy atom. The van der Waals surface area contributed by atoms with Crippen molar-refractivity contribution in [1.82, 2.24) is 24.4 Å². The number of carbonyl (C=O) groups excluding carboxylic acids is 5. The Bertz CT molecular complexity index is 1230. The Balaban J connectivity index is 1.95. The van der Waals surface area contributed by atoms with Gasteiger partial charge in [0.1, 0.15) is 36.1 Å². The van der Waals surface area contributed by atoms with Gasteiger partial charge in [0.2, 0.25) is 0 Å². The first-order valence-corrected chi connectivity index (χ1v) is 12.2. The molecule has 3 rings (SSSR count). The van der Waals surface area contributed by atoms with E-state index in [1.807, 2.05) is 0 Å². The maximum atomic E-state index is 12.7. The van der Waals surface area contributed by atoms with Crippen LogP contribution in [0.1, 0.15) is 45.8 Å². The molecular formula is C24H32N6O9. The van der Waals surface area contributed by atoms with E-state index in [1.54, 1.807) is 19.0 Å². The summed E-state index contributed by atoms with van der Waals surface area (Å²) in [7, 11) is 3.38. The lowest BCUT2D eigenvalue weighted by Gasteiger charge is -2.25. The van der Waals surface area contributed by atoms with Crippen LogP contribution in [0.4, 0.5) is 5.82 Å². The predicted molar refractivity (Wildman–Crippen MR) is 133 cm³/mol. The standard InChI is InChI=1S/C24H32N6O9/c1-13(31)5-7-16(33)38-20-15(10-36-18(35)9-29(3)4)37-24(21(20)39-17(34)8-6-14(2)32)30-12-28-19-22(25)26-11-27-23(19)30/h11-12,15,20-21,24H,5-10H2,1-4H3,(H2,25,26,27)/t15-,20?,21+,24-/m1/s1. The van der Waals surface area contributed by atoms with Crippen LogP contribution in [0.15, 0.2) is 12.7 Å². The highest BCUT2D eigenvalue weighted by Crippen LogP contribution is 2.36. The molecule has 2 aromatic rings. The van der Waals surface area contributed by atoms with Gasteiger partial charge in [-0.15, -0.1) is 0 Å². The van der Waals surface area contributed by atoms with Crippen molar-refractivity contribution in [3.63, 3.8) is 0 Å². The van der Waals surface area contributed by atoms with E-state index in [0.717, 1.165) is 0 Å². The first-order valence-electron chi connectivity index (χ1n) is 12.2. The zero-order chi connectivity index (χ0) is 28.7. The van der Waals surface area contributed by atoms with Gasteiger partial charge in [0.05, 0.1) is 25.7 Å². The zero-order valence-electron chi connectivity index (χ0n) is 22.2. The highest BCUT2D eigenvalue weighted by Gasteiger charge is 2.51. The van der Waals surface area contributed by atoms with Crippen molar-refractivity contribution in [3.8, 4) is 0 Å². The molecule has 1 fully saturated rings. The minimum Gasteiger partial charge on any atom is -0.462 e. The van der Waals surface area contributed by atoms with Crippen molar-refractivity contribution in [2.24, 2.45) is 0 Å². The molecule has 0 aromatic carbocycles. The molecule has 3 heterocycles. The van der Waals surface area contributed by atoms with Crippen LogP contribution in [0.3, 0.4) is 0 Å². The summed E-state index contributed by atoms with van der Waals surface area (Å²) in [6.07, 6.45) is -2.65. The smallest absolute Gasteiger partial charge is 0.320 e. The van der Waals surface area contributed by atoms with Gasteiger partial charge >= 0.3 is 17.9 Å². The number of anilines is 1. The first-order chi connectivity index (χ1) is 18.5. The van der Waals surface area contributed by atoms with Crippen molar-refractivity contribution < 1.29 is 42.9 Å². The summed E-state index contributed by atoms with van der Waals surface area (Å²) in [5, 5.41) is 0. The van der Waals surface area contributed by atoms with Crippen molar-refractivity contribution in [2.45, 2.75) is 64.1 Å². The SMILES string of the molecule is CC(=O)CCC(=O)OC1[C@@H](COC(=O)CN(C)C)O[C@@H](n2cnc3c(N)ncnc32)[C@H]1OC(=O)CCC(C)=O. The fraction of sp³-hybridized carbons (Fsp3) is 0.583. The van der Waals surface area contributed by atoms with Crippen LogP contribution in [0.25, 0.3) is 11.2 Å². The second-order valence-corrected chi connectivity index (χ2v) is 9.38. The Morgan fingerprint density at radius 2 is 1.54 bits per heavy atom. The number of nitrogens with zero attached hydrogens (tertiary/aromatic N) is 5. The number of hydrogen-bond donors (Lipinski definition) is 1. The van der Waals surface area contributed by atoms with Crippen LogP contribution in [0, 0.1) is 0 Å². The molecule has 1 unspecified atom stereocenters. The molecule has 0 aliphatic carbocycles. The van der Waals surface area contributed by atoms with Gasteiger partial charge in [0, 0.05) is 12.8 Å². The largest absolute Gasteiger partial charge is 0.462 e. The molecule has 1 aliphatic heterocycles. The summed E-state index contributed by atoms with van der Waals surface area (Å²) in [5.74, 6) is -2.35. The van der Waals surface area contributed by atoms with Gasteiger partial charge in [-0.25, -0.2) is 15.0 Å². The summed E-state index contributed by atoms with van der Waals surface area (Å²) < 4.78 is 24.2. The van der Waals surface area contributed by atoms with E-state index in [0.29, 0.717) is 0 Å². The second-order valence-electron chi connectivity index (χ2n) is 9.38. The number of likely N-dealkylation sites (N-methyl/N-ethyl adjacent to an activating group) is 1. The minimum absolute atomic E-state index is 0.00890. The summed E-state index contributed by atoms with van der Waals surface area (Å²) >= 11 is 0. The van der Waals surface area contributed by atoms with Gasteiger partial charge in [-0.05, 0) is 27.9 Å². The van der Waals surface area contributed by atoms with Crippen LogP contribution in [0.5, 0.6) is 0 Å². The molecule has 212 valence electrons. The third-order valence-corrected chi connectivity index (χ3v) is 5.70. The van der Waals surface area contributed by atoms with Gasteiger partial charge in [-0.3, -0.25) is 23.9 Å². The molecule has 4 atom stereocenters. The second kappa shape index (κ2) is 13.2. The number of hydrogen-bond acceptors (Lipinski definition) is 14. The van der Waals surface area contributed by atoms with Crippen LogP contribution in [0.2, 0.25) is 0 Å². The third-order valence-electron chi connectivity index (χ3n) is 5.70. The lowest BCUT2D eigenvalue weighted by Crippen LogP contribution is -2.41. The third kappa shape index (κ3) is 8.00. The number of imidazole rings is 1. The van der Waals surface area contributed by atoms with Gasteiger partial charge in [0.15, 0.2) is 29.9 Å². The van der Waals surface area contributed by atoms with E-state index in [1.165, 1.54) is 31.1 Å². The van der Waals surface area contributed by atoms with Crippen molar-refractivity contribution in [1.29, 1.82) is 0 Å². The molecule has 0 amide bonds. The number of Topliss-reactive ketones (excluding diaryl/α,β-unsaturated/α-hetero) is 2. The fourth-order valence-corrected chi connectivity index (χ4v) is 3.85. The summed E-state index contributed by atoms with van der Waals surface area (Å²) in [6.45, 7) is 2.34. The molecule has 0 radical (unpaired) electrons. The molecule has 1 saturated heterocycles. The summed E-state index contributed by atoms with van der Waals surface area (Å²) in [4.78, 5) is 74.3. The molecule has 0 spiro atoms. The van der Waals surface area contributed by atoms with E-state index in [2.05, 4.69) is 15.0 Å². The summed E-state index contributed by atoms with van der Waals surface area (Å²) in [6, 6.07) is 0. The maximum Gasteiger partial charge on any atom is 0.320 e. The molecule has 0 bridgehead atoms. The number of fused-ring (bicyclic) bond motifs is 1. The highest BCUT2D eigenvalue weighted by molar-refractivity contribution is 5.82. The lowest BCUT2D eigenvalue weighted by atomic mass is 10.1. The number of ketones is 2. The average Bonchev–Trinajstić information content (AvgIpc) is 3.42. The van der Waals surface area contributed by atoms with Crippen LogP contribution < -0.4 is 5.73 Å². The Labute approximate surface area is 223 Å². The molecule has 2 N–H and O–H groups in total. The Hall–Kier alpha value is -3.98. The number of nitrogen functional groups attached to an aromatic ring is 1. The van der Waals surface area contributed by atoms with E-state index in [9.17, 15) is 24.0 Å². The number of aromatic nitrogens is 4. The topological polar surface area (TPSA) is 195 Å². The van der Waals surface area contributed by atoms with Gasteiger partial charge in [-0.2, -0.15) is 0 Å². The molecule has 2 aromatic heterocycles. The minimum atomic E-state index is -1.25. The van der Waals surface area contributed by atoms with Crippen molar-refractivity contribution in [2.75, 3.05) is 33.0 Å². The number of rotatable bonds is 13. The first kappa shape index (κ1) is 29.6. The molecular weight excluding hydrogens is 516 g/mol. The van der Waals surface area contributed by atoms with E-state index in [-0.39, 0.29) is 67.4 Å². The molecule has 39 heavy (non-hydrogen) atoms. The zero-order valence-corrected chi connectivity index (χ0v) is 22.2. The van der Waals surface area contributed by atoms with Gasteiger partial charge in [0.25, 0.3) is 0 Å². The number of ether oxygens (including phenoxy) is 4. The highest BCUT2D eigenvalue weighted by atomic mass is 16.7. The Kier molecular flexibility index (Phi) is 10.0. The maximum absolute atomic E-state index is 12.7. The lowest BCUT2D eigenvalue weighted by molar-refractivity contribution is -0.169. The van der Waals surface area contributed by atoms with Crippen LogP contribution in [-0.2, 0) is 42.9 Å². The van der Waals surface area contributed by atoms with Gasteiger partial charge < -0.3 is 34.3 Å². The van der Waals surface area contributed by atoms with E-state index in [4.69, 9.17) is 24.7 Å². The number of carbonyl (C=O) groups is 5. The van der Waals surface area contributed by atoms with Crippen LogP contribution >= 0.6 is 0 Å². The van der Waals surface area contributed by atoms with E-state index >= 15 is 0 Å². The Morgan fingerprint density at radius 1 is 0.923 bits per heavy atom. The van der Waals surface area contributed by atoms with E-state index < -0.39 is 42.4 Å². The number of esters is 3. The van der Waals surface area contributed by atoms with Crippen molar-refractivity contribution in [3.05, 3.63) is 12.7 Å². The molecule has 0 saturated carbocycles. The molecule has 1 aliphatic rings. The number of nitrogens with two attached hydrogens (primary N) is 1. The molecule has 15 nitrogen and oxygen atoms in total. The molecule has 15 heteroatoms.